The lowest BCUT2D eigenvalue weighted by Gasteiger charge is -2.11. The van der Waals surface area contributed by atoms with Crippen LogP contribution in [-0.4, -0.2) is 23.7 Å². The zero-order chi connectivity index (χ0) is 16.3. The highest BCUT2D eigenvalue weighted by Crippen LogP contribution is 2.14. The molecule has 0 saturated carbocycles. The van der Waals surface area contributed by atoms with Crippen LogP contribution >= 0.6 is 0 Å². The summed E-state index contributed by atoms with van der Waals surface area (Å²) in [5, 5.41) is 8.62. The summed E-state index contributed by atoms with van der Waals surface area (Å²) in [7, 11) is 0. The van der Waals surface area contributed by atoms with Crippen molar-refractivity contribution >= 4 is 11.9 Å². The topological polar surface area (TPSA) is 63.6 Å². The van der Waals surface area contributed by atoms with Crippen LogP contribution in [0.2, 0.25) is 0 Å². The van der Waals surface area contributed by atoms with Gasteiger partial charge in [-0.1, -0.05) is 48.5 Å². The van der Waals surface area contributed by atoms with Crippen LogP contribution in [0, 0.1) is 23.7 Å². The summed E-state index contributed by atoms with van der Waals surface area (Å²) in [6.45, 7) is 14.3. The van der Waals surface area contributed by atoms with Crippen molar-refractivity contribution in [1.82, 2.24) is 0 Å². The summed E-state index contributed by atoms with van der Waals surface area (Å²) in [6.07, 6.45) is 1.54. The smallest absolute Gasteiger partial charge is 0.308 e. The number of carbonyl (C=O) groups excluding carboxylic acids is 1. The predicted molar refractivity (Wildman–Crippen MR) is 81.5 cm³/mol. The van der Waals surface area contributed by atoms with E-state index in [0.717, 1.165) is 12.8 Å². The molecule has 0 aromatic carbocycles. The molecule has 20 heavy (non-hydrogen) atoms. The summed E-state index contributed by atoms with van der Waals surface area (Å²) in [4.78, 5) is 21.3. The Morgan fingerprint density at radius 3 is 1.70 bits per heavy atom. The van der Waals surface area contributed by atoms with Crippen LogP contribution < -0.4 is 0 Å². The van der Waals surface area contributed by atoms with Crippen molar-refractivity contribution in [1.29, 1.82) is 0 Å². The number of carbonyl (C=O) groups is 2. The molecule has 0 bridgehead atoms. The van der Waals surface area contributed by atoms with Crippen molar-refractivity contribution in [3.8, 4) is 0 Å². The maximum atomic E-state index is 10.8. The van der Waals surface area contributed by atoms with Crippen molar-refractivity contribution in [3.63, 3.8) is 0 Å². The molecule has 0 aliphatic carbocycles. The number of carboxylic acid groups (broad SMARTS) is 1. The predicted octanol–water partition coefficient (Wildman–Crippen LogP) is 3.98. The summed E-state index contributed by atoms with van der Waals surface area (Å²) in [6, 6.07) is 0. The van der Waals surface area contributed by atoms with Gasteiger partial charge in [0.15, 0.2) is 0 Å². The van der Waals surface area contributed by atoms with Gasteiger partial charge in [-0.05, 0) is 24.7 Å². The molecule has 0 spiro atoms. The van der Waals surface area contributed by atoms with E-state index in [2.05, 4.69) is 0 Å². The van der Waals surface area contributed by atoms with Crippen molar-refractivity contribution < 1.29 is 19.4 Å². The second kappa shape index (κ2) is 11.7. The van der Waals surface area contributed by atoms with Gasteiger partial charge in [-0.15, -0.1) is 0 Å². The van der Waals surface area contributed by atoms with Crippen molar-refractivity contribution in [2.24, 2.45) is 23.7 Å². The molecule has 4 nitrogen and oxygen atoms in total. The number of rotatable bonds is 7. The minimum absolute atomic E-state index is 0.00116. The van der Waals surface area contributed by atoms with E-state index in [0.29, 0.717) is 18.4 Å². The largest absolute Gasteiger partial charge is 0.481 e. The van der Waals surface area contributed by atoms with E-state index in [-0.39, 0.29) is 17.8 Å². The molecule has 0 aromatic rings. The fraction of sp³-hybridized carbons (Fsp3) is 0.875. The molecule has 0 amide bonds. The van der Waals surface area contributed by atoms with Crippen LogP contribution in [-0.2, 0) is 14.3 Å². The Bertz CT molecular complexity index is 270. The molecule has 0 aliphatic rings. The standard InChI is InChI=1S/2C8H16O2/c1-6(2)5-10-8(9)7(3)4;1-4-7(8(9)10)5-6(2)3/h6-7H,5H2,1-4H3;6-7H,4-5H2,1-3H3,(H,9,10). The Hall–Kier alpha value is -1.06. The first-order chi connectivity index (χ1) is 9.11. The summed E-state index contributed by atoms with van der Waals surface area (Å²) >= 11 is 0. The molecule has 0 radical (unpaired) electrons. The summed E-state index contributed by atoms with van der Waals surface area (Å²) in [5.41, 5.74) is 0. The Morgan fingerprint density at radius 2 is 1.50 bits per heavy atom. The maximum Gasteiger partial charge on any atom is 0.308 e. The number of carboxylic acids is 1. The van der Waals surface area contributed by atoms with Gasteiger partial charge in [0.05, 0.1) is 18.4 Å². The van der Waals surface area contributed by atoms with Gasteiger partial charge in [-0.25, -0.2) is 0 Å². The van der Waals surface area contributed by atoms with Gasteiger partial charge < -0.3 is 9.84 Å². The number of hydrogen-bond donors (Lipinski definition) is 1. The first-order valence-electron chi connectivity index (χ1n) is 7.51. The van der Waals surface area contributed by atoms with Crippen molar-refractivity contribution in [2.45, 2.75) is 61.3 Å². The van der Waals surface area contributed by atoms with E-state index in [1.165, 1.54) is 0 Å². The molecular formula is C16H32O4. The summed E-state index contributed by atoms with van der Waals surface area (Å²) < 4.78 is 4.93. The number of aliphatic carboxylic acids is 1. The third kappa shape index (κ3) is 13.4. The van der Waals surface area contributed by atoms with Gasteiger partial charge in [0.1, 0.15) is 0 Å². The summed E-state index contributed by atoms with van der Waals surface area (Å²) in [5.74, 6) is 0.0207. The first-order valence-corrected chi connectivity index (χ1v) is 7.51. The molecule has 1 unspecified atom stereocenters. The van der Waals surface area contributed by atoms with E-state index < -0.39 is 5.97 Å². The number of hydrogen-bond acceptors (Lipinski definition) is 3. The van der Waals surface area contributed by atoms with E-state index in [1.807, 2.05) is 48.5 Å². The number of esters is 1. The second-order valence-corrected chi connectivity index (χ2v) is 6.25. The Labute approximate surface area is 123 Å². The van der Waals surface area contributed by atoms with Crippen molar-refractivity contribution in [2.75, 3.05) is 6.61 Å². The minimum atomic E-state index is -0.656. The van der Waals surface area contributed by atoms with Gasteiger partial charge in [-0.3, -0.25) is 9.59 Å². The molecule has 4 heteroatoms. The molecule has 0 fully saturated rings. The lowest BCUT2D eigenvalue weighted by Crippen LogP contribution is -2.14. The zero-order valence-electron chi connectivity index (χ0n) is 14.1. The fourth-order valence-electron chi connectivity index (χ4n) is 1.43. The third-order valence-electron chi connectivity index (χ3n) is 2.63. The van der Waals surface area contributed by atoms with Gasteiger partial charge in [0, 0.05) is 0 Å². The monoisotopic (exact) mass is 288 g/mol. The van der Waals surface area contributed by atoms with Crippen LogP contribution in [0.25, 0.3) is 0 Å². The van der Waals surface area contributed by atoms with E-state index >= 15 is 0 Å². The fourth-order valence-corrected chi connectivity index (χ4v) is 1.43. The van der Waals surface area contributed by atoms with Gasteiger partial charge in [0.2, 0.25) is 0 Å². The Balaban J connectivity index is 0. The average Bonchev–Trinajstić information content (AvgIpc) is 2.32. The number of ether oxygens (including phenoxy) is 1. The van der Waals surface area contributed by atoms with Crippen LogP contribution in [0.15, 0.2) is 0 Å². The minimum Gasteiger partial charge on any atom is -0.481 e. The molecule has 0 heterocycles. The Morgan fingerprint density at radius 1 is 1.00 bits per heavy atom. The molecule has 0 aromatic heterocycles. The molecule has 120 valence electrons. The second-order valence-electron chi connectivity index (χ2n) is 6.25. The van der Waals surface area contributed by atoms with Crippen LogP contribution in [0.5, 0.6) is 0 Å². The normalized spacial score (nSPS) is 12.1. The average molecular weight is 288 g/mol. The molecule has 0 aliphatic heterocycles. The van der Waals surface area contributed by atoms with Crippen LogP contribution in [0.4, 0.5) is 0 Å². The van der Waals surface area contributed by atoms with Crippen LogP contribution in [0.1, 0.15) is 61.3 Å². The quantitative estimate of drug-likeness (QED) is 0.720. The first kappa shape index (κ1) is 21.2. The molecular weight excluding hydrogens is 256 g/mol. The van der Waals surface area contributed by atoms with Gasteiger partial charge >= 0.3 is 11.9 Å². The highest BCUT2D eigenvalue weighted by Gasteiger charge is 2.15. The molecule has 0 saturated heterocycles. The molecule has 1 atom stereocenters. The highest BCUT2D eigenvalue weighted by molar-refractivity contribution is 5.71. The van der Waals surface area contributed by atoms with Crippen molar-refractivity contribution in [3.05, 3.63) is 0 Å². The molecule has 0 rings (SSSR count). The van der Waals surface area contributed by atoms with Gasteiger partial charge in [-0.2, -0.15) is 0 Å². The zero-order valence-corrected chi connectivity index (χ0v) is 14.1. The maximum absolute atomic E-state index is 10.8. The van der Waals surface area contributed by atoms with Gasteiger partial charge in [0.25, 0.3) is 0 Å². The third-order valence-corrected chi connectivity index (χ3v) is 2.63. The van der Waals surface area contributed by atoms with E-state index in [9.17, 15) is 9.59 Å². The highest BCUT2D eigenvalue weighted by atomic mass is 16.5. The van der Waals surface area contributed by atoms with E-state index in [1.54, 1.807) is 0 Å². The Kier molecular flexibility index (Phi) is 12.5. The van der Waals surface area contributed by atoms with E-state index in [4.69, 9.17) is 9.84 Å². The van der Waals surface area contributed by atoms with Crippen LogP contribution in [0.3, 0.4) is 0 Å². The lowest BCUT2D eigenvalue weighted by molar-refractivity contribution is -0.148. The lowest BCUT2D eigenvalue weighted by atomic mass is 9.95. The molecule has 1 N–H and O–H groups in total. The SMILES string of the molecule is CC(C)COC(=O)C(C)C.CCC(CC(C)C)C(=O)O.